The molecule has 4 nitrogen and oxygen atoms in total. The van der Waals surface area contributed by atoms with Crippen LogP contribution in [0.1, 0.15) is 38.8 Å². The quantitative estimate of drug-likeness (QED) is 0.641. The van der Waals surface area contributed by atoms with Gasteiger partial charge in [0.05, 0.1) is 18.3 Å². The number of rotatable bonds is 5. The highest BCUT2D eigenvalue weighted by atomic mass is 16.5. The summed E-state index contributed by atoms with van der Waals surface area (Å²) in [6, 6.07) is 12.5. The summed E-state index contributed by atoms with van der Waals surface area (Å²) in [5.74, 6) is 0.844. The first-order valence-corrected chi connectivity index (χ1v) is 9.77. The highest BCUT2D eigenvalue weighted by Gasteiger charge is 2.31. The van der Waals surface area contributed by atoms with Crippen molar-refractivity contribution < 1.29 is 4.74 Å². The zero-order chi connectivity index (χ0) is 20.5. The SMILES string of the molecule is CCN1c2cc(OC)c(C=Nc3ccc(N(C)C)cc3)cc2C(C)=CC1(C)C. The van der Waals surface area contributed by atoms with Crippen LogP contribution in [0.25, 0.3) is 5.57 Å². The Morgan fingerprint density at radius 3 is 2.39 bits per heavy atom. The minimum absolute atomic E-state index is 0.0133. The van der Waals surface area contributed by atoms with Crippen molar-refractivity contribution in [1.82, 2.24) is 0 Å². The molecule has 1 heterocycles. The molecule has 0 aromatic heterocycles. The maximum Gasteiger partial charge on any atom is 0.129 e. The van der Waals surface area contributed by atoms with E-state index in [0.29, 0.717) is 0 Å². The fraction of sp³-hybridized carbons (Fsp3) is 0.375. The lowest BCUT2D eigenvalue weighted by Gasteiger charge is -2.43. The van der Waals surface area contributed by atoms with E-state index in [4.69, 9.17) is 4.74 Å². The normalized spacial score (nSPS) is 15.4. The predicted molar refractivity (Wildman–Crippen MR) is 122 cm³/mol. The standard InChI is InChI=1S/C24H31N3O/c1-8-27-22-14-23(28-7)18(13-21(22)17(2)15-24(27,3)4)16-25-19-9-11-20(12-10-19)26(5)6/h9-16H,8H2,1-7H3. The van der Waals surface area contributed by atoms with Gasteiger partial charge in [0, 0.05) is 55.4 Å². The van der Waals surface area contributed by atoms with Crippen LogP contribution in [0.4, 0.5) is 17.1 Å². The summed E-state index contributed by atoms with van der Waals surface area (Å²) in [6.45, 7) is 9.82. The third-order valence-corrected chi connectivity index (χ3v) is 5.36. The minimum atomic E-state index is -0.0133. The van der Waals surface area contributed by atoms with Gasteiger partial charge in [-0.15, -0.1) is 0 Å². The largest absolute Gasteiger partial charge is 0.496 e. The van der Waals surface area contributed by atoms with E-state index in [-0.39, 0.29) is 5.54 Å². The molecule has 0 amide bonds. The number of aliphatic imine (C=N–C) groups is 1. The molecule has 28 heavy (non-hydrogen) atoms. The number of nitrogens with zero attached hydrogens (tertiary/aromatic N) is 3. The van der Waals surface area contributed by atoms with Crippen LogP contribution in [0.15, 0.2) is 47.5 Å². The molecule has 0 radical (unpaired) electrons. The second kappa shape index (κ2) is 7.70. The molecular formula is C24H31N3O. The Morgan fingerprint density at radius 1 is 1.14 bits per heavy atom. The lowest BCUT2D eigenvalue weighted by atomic mass is 9.88. The lowest BCUT2D eigenvalue weighted by molar-refractivity contribution is 0.413. The number of allylic oxidation sites excluding steroid dienone is 1. The lowest BCUT2D eigenvalue weighted by Crippen LogP contribution is -2.44. The van der Waals surface area contributed by atoms with Crippen molar-refractivity contribution in [2.45, 2.75) is 33.2 Å². The Hall–Kier alpha value is -2.75. The van der Waals surface area contributed by atoms with Crippen LogP contribution < -0.4 is 14.5 Å². The van der Waals surface area contributed by atoms with E-state index in [0.717, 1.165) is 29.2 Å². The van der Waals surface area contributed by atoms with Crippen molar-refractivity contribution in [2.75, 3.05) is 37.5 Å². The molecule has 1 aliphatic heterocycles. The van der Waals surface area contributed by atoms with Crippen LogP contribution in [0.3, 0.4) is 0 Å². The molecule has 0 spiro atoms. The van der Waals surface area contributed by atoms with Crippen LogP contribution in [-0.2, 0) is 0 Å². The third kappa shape index (κ3) is 3.77. The first-order valence-electron chi connectivity index (χ1n) is 9.77. The maximum absolute atomic E-state index is 5.70. The van der Waals surface area contributed by atoms with Gasteiger partial charge >= 0.3 is 0 Å². The molecule has 2 aromatic carbocycles. The van der Waals surface area contributed by atoms with Gasteiger partial charge in [0.1, 0.15) is 5.75 Å². The van der Waals surface area contributed by atoms with Gasteiger partial charge in [-0.1, -0.05) is 6.08 Å². The molecule has 0 atom stereocenters. The van der Waals surface area contributed by atoms with E-state index in [9.17, 15) is 0 Å². The molecule has 1 aliphatic rings. The molecular weight excluding hydrogens is 346 g/mol. The van der Waals surface area contributed by atoms with E-state index < -0.39 is 0 Å². The Balaban J connectivity index is 2.00. The molecule has 0 saturated heterocycles. The zero-order valence-electron chi connectivity index (χ0n) is 18.1. The van der Waals surface area contributed by atoms with E-state index in [1.54, 1.807) is 7.11 Å². The monoisotopic (exact) mass is 377 g/mol. The molecule has 0 fully saturated rings. The van der Waals surface area contributed by atoms with Crippen LogP contribution in [0, 0.1) is 0 Å². The van der Waals surface area contributed by atoms with E-state index in [1.165, 1.54) is 16.8 Å². The number of methoxy groups -OCH3 is 1. The van der Waals surface area contributed by atoms with Gasteiger partial charge in [0.15, 0.2) is 0 Å². The minimum Gasteiger partial charge on any atom is -0.496 e. The molecule has 0 N–H and O–H groups in total. The molecule has 148 valence electrons. The number of benzene rings is 2. The van der Waals surface area contributed by atoms with E-state index in [1.807, 2.05) is 32.4 Å². The van der Waals surface area contributed by atoms with Crippen molar-refractivity contribution in [2.24, 2.45) is 4.99 Å². The smallest absolute Gasteiger partial charge is 0.129 e. The van der Waals surface area contributed by atoms with Crippen molar-refractivity contribution in [1.29, 1.82) is 0 Å². The predicted octanol–water partition coefficient (Wildman–Crippen LogP) is 5.53. The van der Waals surface area contributed by atoms with Crippen molar-refractivity contribution >= 4 is 28.8 Å². The van der Waals surface area contributed by atoms with Crippen LogP contribution in [-0.4, -0.2) is 39.5 Å². The summed E-state index contributed by atoms with van der Waals surface area (Å²) in [6.07, 6.45) is 4.24. The zero-order valence-corrected chi connectivity index (χ0v) is 18.1. The summed E-state index contributed by atoms with van der Waals surface area (Å²) < 4.78 is 5.70. The highest BCUT2D eigenvalue weighted by molar-refractivity contribution is 5.92. The molecule has 0 saturated carbocycles. The van der Waals surface area contributed by atoms with Crippen molar-refractivity contribution in [3.05, 3.63) is 53.6 Å². The molecule has 0 bridgehead atoms. The summed E-state index contributed by atoms with van der Waals surface area (Å²) in [5, 5.41) is 0. The molecule has 2 aromatic rings. The number of ether oxygens (including phenoxy) is 1. The second-order valence-corrected chi connectivity index (χ2v) is 8.01. The first-order chi connectivity index (χ1) is 13.3. The second-order valence-electron chi connectivity index (χ2n) is 8.01. The highest BCUT2D eigenvalue weighted by Crippen LogP contribution is 2.41. The first kappa shape index (κ1) is 20.0. The number of hydrogen-bond acceptors (Lipinski definition) is 4. The Bertz CT molecular complexity index is 908. The van der Waals surface area contributed by atoms with Gasteiger partial charge < -0.3 is 14.5 Å². The third-order valence-electron chi connectivity index (χ3n) is 5.36. The Labute approximate surface area is 169 Å². The van der Waals surface area contributed by atoms with Gasteiger partial charge in [-0.3, -0.25) is 4.99 Å². The average molecular weight is 378 g/mol. The van der Waals surface area contributed by atoms with E-state index >= 15 is 0 Å². The number of fused-ring (bicyclic) bond motifs is 1. The summed E-state index contributed by atoms with van der Waals surface area (Å²) in [5.41, 5.74) is 6.81. The fourth-order valence-electron chi connectivity index (χ4n) is 3.96. The van der Waals surface area contributed by atoms with Crippen LogP contribution in [0.2, 0.25) is 0 Å². The van der Waals surface area contributed by atoms with Gasteiger partial charge in [-0.25, -0.2) is 0 Å². The van der Waals surface area contributed by atoms with E-state index in [2.05, 4.69) is 72.8 Å². The number of anilines is 2. The Morgan fingerprint density at radius 2 is 1.82 bits per heavy atom. The van der Waals surface area contributed by atoms with Crippen molar-refractivity contribution in [3.8, 4) is 5.75 Å². The summed E-state index contributed by atoms with van der Waals surface area (Å²) in [4.78, 5) is 9.17. The molecule has 4 heteroatoms. The van der Waals surface area contributed by atoms with Crippen LogP contribution >= 0.6 is 0 Å². The van der Waals surface area contributed by atoms with Gasteiger partial charge in [-0.05, 0) is 63.6 Å². The molecule has 0 unspecified atom stereocenters. The number of hydrogen-bond donors (Lipinski definition) is 0. The van der Waals surface area contributed by atoms with Gasteiger partial charge in [0.25, 0.3) is 0 Å². The number of likely N-dealkylation sites (N-methyl/N-ethyl adjacent to an activating group) is 1. The van der Waals surface area contributed by atoms with Crippen molar-refractivity contribution in [3.63, 3.8) is 0 Å². The average Bonchev–Trinajstić information content (AvgIpc) is 2.65. The summed E-state index contributed by atoms with van der Waals surface area (Å²) in [7, 11) is 5.79. The Kier molecular flexibility index (Phi) is 5.50. The van der Waals surface area contributed by atoms with Gasteiger partial charge in [-0.2, -0.15) is 0 Å². The molecule has 3 rings (SSSR count). The van der Waals surface area contributed by atoms with Gasteiger partial charge in [0.2, 0.25) is 0 Å². The van der Waals surface area contributed by atoms with Crippen LogP contribution in [0.5, 0.6) is 5.75 Å². The maximum atomic E-state index is 5.70. The fourth-order valence-corrected chi connectivity index (χ4v) is 3.96. The topological polar surface area (TPSA) is 28.1 Å². The molecule has 0 aliphatic carbocycles. The summed E-state index contributed by atoms with van der Waals surface area (Å²) >= 11 is 0.